The van der Waals surface area contributed by atoms with Crippen molar-refractivity contribution in [2.24, 2.45) is 5.92 Å². The minimum Gasteiger partial charge on any atom is -0.453 e. The number of rotatable bonds is 2. The number of fused-ring (bicyclic) bond motifs is 4. The summed E-state index contributed by atoms with van der Waals surface area (Å²) < 4.78 is 9.57. The molecule has 0 saturated carbocycles. The number of carbonyl (C=O) groups is 2. The van der Waals surface area contributed by atoms with Gasteiger partial charge in [0.25, 0.3) is 0 Å². The molecule has 0 spiro atoms. The third kappa shape index (κ3) is 2.96. The molecule has 2 aliphatic carbocycles. The number of carbonyl (C=O) groups excluding carboxylic acids is 2. The van der Waals surface area contributed by atoms with Gasteiger partial charge in [-0.15, -0.1) is 0 Å². The van der Waals surface area contributed by atoms with E-state index in [1.807, 2.05) is 25.1 Å². The molecule has 6 heteroatoms. The molecule has 2 atom stereocenters. The van der Waals surface area contributed by atoms with E-state index in [0.29, 0.717) is 12.1 Å². The summed E-state index contributed by atoms with van der Waals surface area (Å²) in [5.74, 6) is 0.201. The largest absolute Gasteiger partial charge is 0.453 e. The molecule has 3 rings (SSSR count). The molecule has 2 N–H and O–H groups in total. The highest BCUT2D eigenvalue weighted by Gasteiger charge is 2.47. The maximum atomic E-state index is 12.2. The van der Waals surface area contributed by atoms with Gasteiger partial charge in [-0.1, -0.05) is 23.8 Å². The van der Waals surface area contributed by atoms with Crippen molar-refractivity contribution in [3.63, 3.8) is 0 Å². The van der Waals surface area contributed by atoms with Gasteiger partial charge in [0.2, 0.25) is 0 Å². The second kappa shape index (κ2) is 6.86. The zero-order valence-corrected chi connectivity index (χ0v) is 15.5. The van der Waals surface area contributed by atoms with Crippen molar-refractivity contribution in [3.8, 4) is 0 Å². The average molecular weight is 356 g/mol. The van der Waals surface area contributed by atoms with Crippen LogP contribution in [0.2, 0.25) is 0 Å². The highest BCUT2D eigenvalue weighted by molar-refractivity contribution is 5.85. The summed E-state index contributed by atoms with van der Waals surface area (Å²) in [5.41, 5.74) is 4.59. The Kier molecular flexibility index (Phi) is 4.76. The van der Waals surface area contributed by atoms with Crippen LogP contribution < -0.4 is 10.6 Å². The number of hydrogen-bond donors (Lipinski definition) is 2. The first-order valence-electron chi connectivity index (χ1n) is 8.62. The molecule has 1 aromatic rings. The van der Waals surface area contributed by atoms with E-state index in [2.05, 4.69) is 34.4 Å². The lowest BCUT2D eigenvalue weighted by Crippen LogP contribution is -2.53. The van der Waals surface area contributed by atoms with Crippen LogP contribution in [0.25, 0.3) is 0 Å². The number of nitrogens with one attached hydrogen (secondary N) is 2. The fourth-order valence-electron chi connectivity index (χ4n) is 4.28. The first kappa shape index (κ1) is 18.0. The van der Waals surface area contributed by atoms with Crippen LogP contribution in [-0.2, 0) is 21.4 Å². The van der Waals surface area contributed by atoms with E-state index in [1.54, 1.807) is 0 Å². The first-order chi connectivity index (χ1) is 12.4. The molecule has 2 amide bonds. The molecule has 2 unspecified atom stereocenters. The van der Waals surface area contributed by atoms with Crippen molar-refractivity contribution in [2.75, 3.05) is 19.5 Å². The van der Waals surface area contributed by atoms with Crippen LogP contribution in [0.4, 0.5) is 15.3 Å². The lowest BCUT2D eigenvalue weighted by atomic mass is 9.62. The Hall–Kier alpha value is -2.76. The molecule has 2 bridgehead atoms. The van der Waals surface area contributed by atoms with Crippen LogP contribution in [0.15, 0.2) is 41.5 Å². The van der Waals surface area contributed by atoms with E-state index in [4.69, 9.17) is 4.74 Å². The highest BCUT2D eigenvalue weighted by Crippen LogP contribution is 2.50. The van der Waals surface area contributed by atoms with Gasteiger partial charge in [0.05, 0.1) is 19.8 Å². The van der Waals surface area contributed by atoms with Gasteiger partial charge in [0.1, 0.15) is 0 Å². The first-order valence-corrected chi connectivity index (χ1v) is 8.62. The summed E-state index contributed by atoms with van der Waals surface area (Å²) in [4.78, 5) is 23.7. The van der Waals surface area contributed by atoms with Crippen LogP contribution in [-0.4, -0.2) is 26.4 Å². The van der Waals surface area contributed by atoms with Crippen molar-refractivity contribution in [1.29, 1.82) is 0 Å². The number of benzene rings is 1. The maximum Gasteiger partial charge on any atom is 0.411 e. The predicted molar refractivity (Wildman–Crippen MR) is 99.0 cm³/mol. The Labute approximate surface area is 153 Å². The van der Waals surface area contributed by atoms with Crippen LogP contribution in [0.5, 0.6) is 0 Å². The van der Waals surface area contributed by atoms with E-state index < -0.39 is 17.7 Å². The van der Waals surface area contributed by atoms with Crippen molar-refractivity contribution < 1.29 is 19.1 Å². The number of allylic oxidation sites excluding steroid dienone is 2. The fourth-order valence-corrected chi connectivity index (χ4v) is 4.28. The molecule has 0 radical (unpaired) electrons. The number of anilines is 1. The normalized spacial score (nSPS) is 25.0. The number of amides is 2. The van der Waals surface area contributed by atoms with E-state index >= 15 is 0 Å². The van der Waals surface area contributed by atoms with Gasteiger partial charge in [-0.05, 0) is 55.5 Å². The molecule has 0 aliphatic heterocycles. The van der Waals surface area contributed by atoms with Crippen molar-refractivity contribution >= 4 is 17.9 Å². The van der Waals surface area contributed by atoms with Gasteiger partial charge < -0.3 is 14.8 Å². The quantitative estimate of drug-likeness (QED) is 0.788. The average Bonchev–Trinajstić information content (AvgIpc) is 2.60. The van der Waals surface area contributed by atoms with Gasteiger partial charge in [-0.2, -0.15) is 0 Å². The summed E-state index contributed by atoms with van der Waals surface area (Å²) in [5, 5.41) is 5.79. The molecule has 0 saturated heterocycles. The summed E-state index contributed by atoms with van der Waals surface area (Å²) in [6, 6.07) is 5.75. The van der Waals surface area contributed by atoms with Gasteiger partial charge in [0.15, 0.2) is 0 Å². The lowest BCUT2D eigenvalue weighted by molar-refractivity contribution is 0.156. The second-order valence-electron chi connectivity index (χ2n) is 6.75. The summed E-state index contributed by atoms with van der Waals surface area (Å²) in [6.07, 6.45) is 4.89. The Morgan fingerprint density at radius 2 is 1.96 bits per heavy atom. The molecule has 0 fully saturated rings. The van der Waals surface area contributed by atoms with E-state index in [-0.39, 0.29) is 5.92 Å². The highest BCUT2D eigenvalue weighted by atomic mass is 16.5. The van der Waals surface area contributed by atoms with Gasteiger partial charge >= 0.3 is 12.2 Å². The molecule has 0 aromatic heterocycles. The minimum atomic E-state index is -0.622. The number of hydrogen-bond acceptors (Lipinski definition) is 4. The van der Waals surface area contributed by atoms with Crippen molar-refractivity contribution in [2.45, 2.75) is 32.2 Å². The molecular formula is C20H24N2O4. The summed E-state index contributed by atoms with van der Waals surface area (Å²) >= 11 is 0. The molecule has 26 heavy (non-hydrogen) atoms. The predicted octanol–water partition coefficient (Wildman–Crippen LogP) is 3.88. The van der Waals surface area contributed by atoms with Crippen molar-refractivity contribution in [3.05, 3.63) is 52.6 Å². The van der Waals surface area contributed by atoms with Crippen LogP contribution in [0.1, 0.15) is 31.4 Å². The molecule has 2 aliphatic rings. The fraction of sp³-hybridized carbons (Fsp3) is 0.400. The monoisotopic (exact) mass is 356 g/mol. The molecule has 1 aromatic carbocycles. The van der Waals surface area contributed by atoms with Crippen LogP contribution in [0, 0.1) is 5.92 Å². The zero-order chi connectivity index (χ0) is 18.9. The van der Waals surface area contributed by atoms with Gasteiger partial charge in [0, 0.05) is 11.6 Å². The number of ether oxygens (including phenoxy) is 2. The standard InChI is InChI=1S/C20H24N2O4/c1-5-16-13-8-12(2)11-20(16,22-19(24)26-4)17-7-6-15(10-14(17)9-13)21-18(23)25-3/h5-8,10,13H,9,11H2,1-4H3,(H,21,23)(H,22,24)/b16-5+. The van der Waals surface area contributed by atoms with E-state index in [1.165, 1.54) is 25.4 Å². The number of methoxy groups -OCH3 is 2. The van der Waals surface area contributed by atoms with Crippen LogP contribution >= 0.6 is 0 Å². The Morgan fingerprint density at radius 3 is 2.62 bits per heavy atom. The lowest BCUT2D eigenvalue weighted by Gasteiger charge is -2.48. The van der Waals surface area contributed by atoms with Crippen molar-refractivity contribution in [1.82, 2.24) is 5.32 Å². The third-order valence-electron chi connectivity index (χ3n) is 5.17. The van der Waals surface area contributed by atoms with Gasteiger partial charge in [-0.3, -0.25) is 5.32 Å². The number of alkyl carbamates (subject to hydrolysis) is 1. The second-order valence-corrected chi connectivity index (χ2v) is 6.75. The third-order valence-corrected chi connectivity index (χ3v) is 5.17. The SMILES string of the molecule is C/C=C1\C2C=C(C)CC1(NC(=O)OC)c1ccc(NC(=O)OC)cc1C2. The summed E-state index contributed by atoms with van der Waals surface area (Å²) in [6.45, 7) is 4.09. The Bertz CT molecular complexity index is 812. The van der Waals surface area contributed by atoms with E-state index in [9.17, 15) is 9.59 Å². The molecule has 0 heterocycles. The molecular weight excluding hydrogens is 332 g/mol. The smallest absolute Gasteiger partial charge is 0.411 e. The van der Waals surface area contributed by atoms with Crippen LogP contribution in [0.3, 0.4) is 0 Å². The topological polar surface area (TPSA) is 76.7 Å². The Morgan fingerprint density at radius 1 is 1.23 bits per heavy atom. The molecule has 138 valence electrons. The van der Waals surface area contributed by atoms with E-state index in [0.717, 1.165) is 17.5 Å². The summed E-state index contributed by atoms with van der Waals surface area (Å²) in [7, 11) is 2.71. The zero-order valence-electron chi connectivity index (χ0n) is 15.5. The Balaban J connectivity index is 2.12. The maximum absolute atomic E-state index is 12.2. The minimum absolute atomic E-state index is 0.201. The van der Waals surface area contributed by atoms with Gasteiger partial charge in [-0.25, -0.2) is 9.59 Å². The molecule has 6 nitrogen and oxygen atoms in total.